The molecule has 1 aliphatic rings. The molecular formula is C22H21FN2O. The molecule has 0 bridgehead atoms. The molecule has 4 rings (SSSR count). The summed E-state index contributed by atoms with van der Waals surface area (Å²) < 4.78 is 20.1. The van der Waals surface area contributed by atoms with Crippen LogP contribution in [0.3, 0.4) is 0 Å². The van der Waals surface area contributed by atoms with Crippen molar-refractivity contribution in [3.8, 4) is 5.75 Å². The van der Waals surface area contributed by atoms with Crippen molar-refractivity contribution in [2.75, 3.05) is 13.6 Å². The molecule has 1 aromatic heterocycles. The van der Waals surface area contributed by atoms with Crippen LogP contribution in [0.4, 0.5) is 4.39 Å². The van der Waals surface area contributed by atoms with Crippen molar-refractivity contribution in [1.82, 2.24) is 10.3 Å². The summed E-state index contributed by atoms with van der Waals surface area (Å²) in [5, 5.41) is 3.29. The molecular weight excluding hydrogens is 327 g/mol. The first-order chi connectivity index (χ1) is 12.7. The number of rotatable bonds is 4. The molecule has 3 nitrogen and oxygen atoms in total. The molecule has 0 aliphatic carbocycles. The number of pyridine rings is 1. The molecule has 2 heterocycles. The molecule has 0 saturated heterocycles. The number of benzene rings is 2. The van der Waals surface area contributed by atoms with Crippen molar-refractivity contribution in [3.63, 3.8) is 0 Å². The number of hydrogen-bond donors (Lipinski definition) is 1. The molecule has 0 spiro atoms. The normalized spacial score (nSPS) is 21.7. The maximum Gasteiger partial charge on any atom is 0.155 e. The van der Waals surface area contributed by atoms with Crippen LogP contribution in [-0.2, 0) is 12.0 Å². The van der Waals surface area contributed by atoms with Gasteiger partial charge >= 0.3 is 0 Å². The van der Waals surface area contributed by atoms with E-state index >= 15 is 0 Å². The Hall–Kier alpha value is -2.72. The van der Waals surface area contributed by atoms with E-state index in [4.69, 9.17) is 4.74 Å². The van der Waals surface area contributed by atoms with Crippen LogP contribution < -0.4 is 10.1 Å². The zero-order chi connectivity index (χ0) is 18.0. The van der Waals surface area contributed by atoms with Crippen LogP contribution in [0.15, 0.2) is 73.1 Å². The molecule has 26 heavy (non-hydrogen) atoms. The quantitative estimate of drug-likeness (QED) is 0.772. The van der Waals surface area contributed by atoms with Gasteiger partial charge in [-0.25, -0.2) is 4.39 Å². The maximum absolute atomic E-state index is 13.5. The monoisotopic (exact) mass is 348 g/mol. The van der Waals surface area contributed by atoms with E-state index in [-0.39, 0.29) is 11.7 Å². The Morgan fingerprint density at radius 3 is 2.65 bits per heavy atom. The predicted molar refractivity (Wildman–Crippen MR) is 99.8 cm³/mol. The summed E-state index contributed by atoms with van der Waals surface area (Å²) in [4.78, 5) is 4.32. The number of aromatic nitrogens is 1. The first-order valence-corrected chi connectivity index (χ1v) is 8.80. The highest BCUT2D eigenvalue weighted by molar-refractivity contribution is 5.43. The molecule has 1 N–H and O–H groups in total. The molecule has 3 aromatic rings. The largest absolute Gasteiger partial charge is 0.480 e. The number of nitrogens with zero attached hydrogens (tertiary/aromatic N) is 1. The summed E-state index contributed by atoms with van der Waals surface area (Å²) in [5.74, 6) is 0.700. The van der Waals surface area contributed by atoms with Crippen LogP contribution in [0.2, 0.25) is 0 Å². The second-order valence-corrected chi connectivity index (χ2v) is 6.68. The number of fused-ring (bicyclic) bond motifs is 1. The van der Waals surface area contributed by atoms with E-state index < -0.39 is 5.60 Å². The highest BCUT2D eigenvalue weighted by Gasteiger charge is 2.46. The molecule has 0 fully saturated rings. The van der Waals surface area contributed by atoms with Gasteiger partial charge in [0.05, 0.1) is 0 Å². The van der Waals surface area contributed by atoms with E-state index in [0.717, 1.165) is 28.9 Å². The molecule has 0 amide bonds. The highest BCUT2D eigenvalue weighted by atomic mass is 19.1. The summed E-state index contributed by atoms with van der Waals surface area (Å²) in [6.07, 6.45) is 4.44. The van der Waals surface area contributed by atoms with Gasteiger partial charge in [0.15, 0.2) is 5.60 Å². The van der Waals surface area contributed by atoms with E-state index in [1.165, 1.54) is 12.1 Å². The second-order valence-electron chi connectivity index (χ2n) is 6.68. The Bertz CT molecular complexity index is 882. The minimum atomic E-state index is -0.616. The van der Waals surface area contributed by atoms with E-state index in [1.807, 2.05) is 49.6 Å². The minimum Gasteiger partial charge on any atom is -0.480 e. The van der Waals surface area contributed by atoms with Crippen LogP contribution in [-0.4, -0.2) is 18.6 Å². The van der Waals surface area contributed by atoms with Crippen molar-refractivity contribution >= 4 is 0 Å². The molecule has 0 radical (unpaired) electrons. The number of halogens is 1. The van der Waals surface area contributed by atoms with Crippen LogP contribution >= 0.6 is 0 Å². The fraction of sp³-hybridized carbons (Fsp3) is 0.227. The molecule has 2 atom stereocenters. The summed E-state index contributed by atoms with van der Waals surface area (Å²) in [6.45, 7) is 0.620. The van der Waals surface area contributed by atoms with Gasteiger partial charge in [-0.3, -0.25) is 4.98 Å². The number of likely N-dealkylation sites (N-methyl/N-ethyl adjacent to an activating group) is 1. The van der Waals surface area contributed by atoms with E-state index in [0.29, 0.717) is 6.54 Å². The van der Waals surface area contributed by atoms with Gasteiger partial charge in [-0.1, -0.05) is 36.4 Å². The summed E-state index contributed by atoms with van der Waals surface area (Å²) in [5.41, 5.74) is 2.62. The topological polar surface area (TPSA) is 34.2 Å². The zero-order valence-electron chi connectivity index (χ0n) is 14.7. The number of para-hydroxylation sites is 1. The lowest BCUT2D eigenvalue weighted by Gasteiger charge is -2.45. The van der Waals surface area contributed by atoms with Gasteiger partial charge in [0.2, 0.25) is 0 Å². The van der Waals surface area contributed by atoms with Gasteiger partial charge in [-0.2, -0.15) is 0 Å². The third kappa shape index (κ3) is 2.86. The van der Waals surface area contributed by atoms with E-state index in [9.17, 15) is 4.39 Å². The fourth-order valence-corrected chi connectivity index (χ4v) is 3.90. The first kappa shape index (κ1) is 16.7. The van der Waals surface area contributed by atoms with Crippen LogP contribution in [0.25, 0.3) is 0 Å². The minimum absolute atomic E-state index is 0.0367. The lowest BCUT2D eigenvalue weighted by atomic mass is 9.72. The van der Waals surface area contributed by atoms with Gasteiger partial charge < -0.3 is 10.1 Å². The molecule has 2 aromatic carbocycles. The SMILES string of the molecule is CNCC1(c2cccnc2)Oc2ccccc2CC1c1ccc(F)cc1. The Labute approximate surface area is 152 Å². The molecule has 2 unspecified atom stereocenters. The smallest absolute Gasteiger partial charge is 0.155 e. The Balaban J connectivity index is 1.90. The predicted octanol–water partition coefficient (Wildman–Crippen LogP) is 4.05. The van der Waals surface area contributed by atoms with E-state index in [1.54, 1.807) is 6.20 Å². The third-order valence-corrected chi connectivity index (χ3v) is 5.11. The Kier molecular flexibility index (Phi) is 4.43. The summed E-state index contributed by atoms with van der Waals surface area (Å²) in [7, 11) is 1.92. The van der Waals surface area contributed by atoms with Gasteiger partial charge in [-0.05, 0) is 48.9 Å². The maximum atomic E-state index is 13.5. The molecule has 132 valence electrons. The van der Waals surface area contributed by atoms with Crippen LogP contribution in [0, 0.1) is 5.82 Å². The lowest BCUT2D eigenvalue weighted by molar-refractivity contribution is 0.0220. The number of nitrogens with one attached hydrogen (secondary N) is 1. The van der Waals surface area contributed by atoms with E-state index in [2.05, 4.69) is 22.4 Å². The number of hydrogen-bond acceptors (Lipinski definition) is 3. The van der Waals surface area contributed by atoms with Crippen molar-refractivity contribution in [2.45, 2.75) is 17.9 Å². The van der Waals surface area contributed by atoms with Crippen molar-refractivity contribution < 1.29 is 9.13 Å². The zero-order valence-corrected chi connectivity index (χ0v) is 14.7. The molecule has 1 aliphatic heterocycles. The van der Waals surface area contributed by atoms with Gasteiger partial charge in [0.25, 0.3) is 0 Å². The lowest BCUT2D eigenvalue weighted by Crippen LogP contribution is -2.50. The van der Waals surface area contributed by atoms with Crippen LogP contribution in [0.1, 0.15) is 22.6 Å². The first-order valence-electron chi connectivity index (χ1n) is 8.80. The van der Waals surface area contributed by atoms with Crippen molar-refractivity contribution in [1.29, 1.82) is 0 Å². The van der Waals surface area contributed by atoms with Gasteiger partial charge in [-0.15, -0.1) is 0 Å². The number of ether oxygens (including phenoxy) is 1. The van der Waals surface area contributed by atoms with Gasteiger partial charge in [0.1, 0.15) is 11.6 Å². The standard InChI is InChI=1S/C22H21FN2O/c1-24-15-22(18-6-4-12-25-14-18)20(16-8-10-19(23)11-9-16)13-17-5-2-3-7-21(17)26-22/h2-12,14,20,24H,13,15H2,1H3. The average molecular weight is 348 g/mol. The fourth-order valence-electron chi connectivity index (χ4n) is 3.90. The summed E-state index contributed by atoms with van der Waals surface area (Å²) >= 11 is 0. The third-order valence-electron chi connectivity index (χ3n) is 5.11. The van der Waals surface area contributed by atoms with Crippen molar-refractivity contribution in [2.24, 2.45) is 0 Å². The summed E-state index contributed by atoms with van der Waals surface area (Å²) in [6, 6.07) is 18.9. The van der Waals surface area contributed by atoms with Crippen molar-refractivity contribution in [3.05, 3.63) is 95.6 Å². The molecule has 4 heteroatoms. The Morgan fingerprint density at radius 1 is 1.12 bits per heavy atom. The second kappa shape index (κ2) is 6.89. The highest BCUT2D eigenvalue weighted by Crippen LogP contribution is 2.47. The van der Waals surface area contributed by atoms with Crippen LogP contribution in [0.5, 0.6) is 5.75 Å². The average Bonchev–Trinajstić information content (AvgIpc) is 2.69. The Morgan fingerprint density at radius 2 is 1.92 bits per heavy atom. The van der Waals surface area contributed by atoms with Gasteiger partial charge in [0, 0.05) is 30.4 Å². The molecule has 0 saturated carbocycles.